The van der Waals surface area contributed by atoms with E-state index in [1.54, 1.807) is 12.1 Å². The van der Waals surface area contributed by atoms with E-state index in [2.05, 4.69) is 16.0 Å². The van der Waals surface area contributed by atoms with Crippen molar-refractivity contribution >= 4 is 27.8 Å². The zero-order valence-corrected chi connectivity index (χ0v) is 18.9. The largest absolute Gasteiger partial charge is 0.416 e. The van der Waals surface area contributed by atoms with E-state index in [9.17, 15) is 31.2 Å². The van der Waals surface area contributed by atoms with Crippen LogP contribution in [0.25, 0.3) is 0 Å². The summed E-state index contributed by atoms with van der Waals surface area (Å²) in [6, 6.07) is 8.54. The van der Waals surface area contributed by atoms with Crippen molar-refractivity contribution < 1.29 is 31.2 Å². The molecule has 0 atom stereocenters. The Kier molecular flexibility index (Phi) is 5.75. The molecule has 2 aromatic carbocycles. The predicted molar refractivity (Wildman–Crippen MR) is 118 cm³/mol. The number of carbonyl (C=O) groups excluding carboxylic acids is 2. The molecule has 2 aliphatic rings. The minimum atomic E-state index is -4.48. The van der Waals surface area contributed by atoms with E-state index < -0.39 is 44.9 Å². The Morgan fingerprint density at radius 3 is 1.79 bits per heavy atom. The first-order valence-electron chi connectivity index (χ1n) is 10.5. The summed E-state index contributed by atoms with van der Waals surface area (Å²) in [5, 5.41) is 8.00. The van der Waals surface area contributed by atoms with Crippen LogP contribution < -0.4 is 20.7 Å². The number of hydrogen-bond acceptors (Lipinski definition) is 4. The lowest BCUT2D eigenvalue weighted by molar-refractivity contribution is -0.137. The summed E-state index contributed by atoms with van der Waals surface area (Å²) in [7, 11) is -4.07. The molecule has 4 N–H and O–H groups in total. The van der Waals surface area contributed by atoms with E-state index in [1.165, 1.54) is 12.1 Å². The molecule has 0 aromatic heterocycles. The van der Waals surface area contributed by atoms with Gasteiger partial charge in [-0.1, -0.05) is 17.7 Å². The first-order valence-corrected chi connectivity index (χ1v) is 12.0. The fourth-order valence-electron chi connectivity index (χ4n) is 3.96. The summed E-state index contributed by atoms with van der Waals surface area (Å²) < 4.78 is 65.0. The van der Waals surface area contributed by atoms with Crippen molar-refractivity contribution in [3.05, 3.63) is 59.7 Å². The summed E-state index contributed by atoms with van der Waals surface area (Å²) in [5.41, 5.74) is -1.33. The Bertz CT molecular complexity index is 1200. The van der Waals surface area contributed by atoms with Gasteiger partial charge in [-0.3, -0.25) is 0 Å². The van der Waals surface area contributed by atoms with E-state index in [4.69, 9.17) is 0 Å². The van der Waals surface area contributed by atoms with Gasteiger partial charge in [0.1, 0.15) is 0 Å². The fourth-order valence-corrected chi connectivity index (χ4v) is 4.87. The Morgan fingerprint density at radius 1 is 0.824 bits per heavy atom. The van der Waals surface area contributed by atoms with Crippen LogP contribution in [0.5, 0.6) is 0 Å². The molecule has 34 heavy (non-hydrogen) atoms. The second-order valence-corrected chi connectivity index (χ2v) is 10.4. The van der Waals surface area contributed by atoms with E-state index >= 15 is 0 Å². The number of halogens is 3. The monoisotopic (exact) mass is 496 g/mol. The number of amides is 4. The number of sulfonamides is 1. The molecule has 0 heterocycles. The molecule has 8 nitrogen and oxygen atoms in total. The average Bonchev–Trinajstić information content (AvgIpc) is 3.65. The van der Waals surface area contributed by atoms with Crippen LogP contribution in [0.15, 0.2) is 53.4 Å². The molecule has 0 aliphatic heterocycles. The van der Waals surface area contributed by atoms with Crippen LogP contribution in [0.3, 0.4) is 0 Å². The van der Waals surface area contributed by atoms with Gasteiger partial charge in [0.25, 0.3) is 10.0 Å². The van der Waals surface area contributed by atoms with Gasteiger partial charge in [0.05, 0.1) is 21.5 Å². The molecule has 2 fully saturated rings. The number of aryl methyl sites for hydroxylation is 1. The van der Waals surface area contributed by atoms with E-state index in [-0.39, 0.29) is 10.6 Å². The molecular formula is C22H23F3N4O4S. The quantitative estimate of drug-likeness (QED) is 0.486. The molecule has 2 saturated carbocycles. The highest BCUT2D eigenvalue weighted by Crippen LogP contribution is 2.57. The molecule has 4 rings (SSSR count). The molecule has 182 valence electrons. The molecule has 0 bridgehead atoms. The van der Waals surface area contributed by atoms with E-state index in [1.807, 2.05) is 11.6 Å². The minimum Gasteiger partial charge on any atom is -0.330 e. The average molecular weight is 497 g/mol. The standard InChI is InChI=1S/C22H23F3N4O4S/c1-14-2-8-17(9-3-14)34(32,33)29-19(31)28-21(12-13-21)20(10-11-20)27-18(30)26-16-6-4-15(5-7-16)22(23,24)25/h2-9H,10-13H2,1H3,(H2,26,27,30)(H2,28,29,31). The third kappa shape index (κ3) is 4.96. The Morgan fingerprint density at radius 2 is 1.32 bits per heavy atom. The highest BCUT2D eigenvalue weighted by atomic mass is 32.2. The highest BCUT2D eigenvalue weighted by Gasteiger charge is 2.67. The smallest absolute Gasteiger partial charge is 0.330 e. The molecule has 0 spiro atoms. The van der Waals surface area contributed by atoms with E-state index in [0.29, 0.717) is 25.7 Å². The van der Waals surface area contributed by atoms with Gasteiger partial charge in [-0.15, -0.1) is 0 Å². The van der Waals surface area contributed by atoms with Crippen LogP contribution in [-0.4, -0.2) is 31.6 Å². The van der Waals surface area contributed by atoms with Crippen molar-refractivity contribution in [2.24, 2.45) is 0 Å². The lowest BCUT2D eigenvalue weighted by atomic mass is 10.0. The Labute approximate surface area is 194 Å². The summed E-state index contributed by atoms with van der Waals surface area (Å²) in [6.07, 6.45) is -2.25. The number of rotatable bonds is 6. The zero-order valence-electron chi connectivity index (χ0n) is 18.1. The van der Waals surface area contributed by atoms with Crippen LogP contribution in [-0.2, 0) is 16.2 Å². The van der Waals surface area contributed by atoms with Crippen LogP contribution >= 0.6 is 0 Å². The summed E-state index contributed by atoms with van der Waals surface area (Å²) >= 11 is 0. The summed E-state index contributed by atoms with van der Waals surface area (Å²) in [6.45, 7) is 1.81. The maximum atomic E-state index is 12.7. The van der Waals surface area contributed by atoms with Crippen LogP contribution in [0.2, 0.25) is 0 Å². The van der Waals surface area contributed by atoms with Crippen molar-refractivity contribution in [1.29, 1.82) is 0 Å². The lowest BCUT2D eigenvalue weighted by Gasteiger charge is -2.29. The summed E-state index contributed by atoms with van der Waals surface area (Å²) in [5.74, 6) is 0. The van der Waals surface area contributed by atoms with Crippen molar-refractivity contribution in [1.82, 2.24) is 15.4 Å². The zero-order chi connectivity index (χ0) is 24.8. The first-order chi connectivity index (χ1) is 15.8. The third-order valence-electron chi connectivity index (χ3n) is 6.15. The molecule has 2 aliphatic carbocycles. The number of benzene rings is 2. The number of alkyl halides is 3. The molecule has 0 unspecified atom stereocenters. The van der Waals surface area contributed by atoms with Crippen LogP contribution in [0.1, 0.15) is 36.8 Å². The Hall–Kier alpha value is -3.28. The van der Waals surface area contributed by atoms with Crippen molar-refractivity contribution in [3.63, 3.8) is 0 Å². The second kappa shape index (κ2) is 8.19. The van der Waals surface area contributed by atoms with Gasteiger partial charge in [0, 0.05) is 5.69 Å². The van der Waals surface area contributed by atoms with Gasteiger partial charge >= 0.3 is 18.2 Å². The molecule has 0 saturated heterocycles. The van der Waals surface area contributed by atoms with Crippen LogP contribution in [0, 0.1) is 6.92 Å². The normalized spacial score (nSPS) is 17.9. The van der Waals surface area contributed by atoms with Gasteiger partial charge in [0.15, 0.2) is 0 Å². The molecule has 0 radical (unpaired) electrons. The molecular weight excluding hydrogens is 473 g/mol. The maximum absolute atomic E-state index is 12.7. The fraction of sp³-hybridized carbons (Fsp3) is 0.364. The predicted octanol–water partition coefficient (Wildman–Crippen LogP) is 3.89. The molecule has 2 aromatic rings. The number of hydrogen-bond donors (Lipinski definition) is 4. The SMILES string of the molecule is Cc1ccc(S(=O)(=O)NC(=O)NC2(C3(NC(=O)Nc4ccc(C(F)(F)F)cc4)CC3)CC2)cc1. The topological polar surface area (TPSA) is 116 Å². The number of urea groups is 2. The highest BCUT2D eigenvalue weighted by molar-refractivity contribution is 7.90. The third-order valence-corrected chi connectivity index (χ3v) is 7.50. The van der Waals surface area contributed by atoms with Gasteiger partial charge in [0.2, 0.25) is 0 Å². The van der Waals surface area contributed by atoms with E-state index in [0.717, 1.165) is 29.8 Å². The minimum absolute atomic E-state index is 0.0479. The second-order valence-electron chi connectivity index (χ2n) is 8.69. The van der Waals surface area contributed by atoms with Crippen molar-refractivity contribution in [2.45, 2.75) is 54.8 Å². The molecule has 4 amide bonds. The van der Waals surface area contributed by atoms with Gasteiger partial charge in [-0.2, -0.15) is 13.2 Å². The van der Waals surface area contributed by atoms with Gasteiger partial charge in [-0.25, -0.2) is 22.7 Å². The van der Waals surface area contributed by atoms with Crippen molar-refractivity contribution in [3.8, 4) is 0 Å². The van der Waals surface area contributed by atoms with Crippen molar-refractivity contribution in [2.75, 3.05) is 5.32 Å². The summed E-state index contributed by atoms with van der Waals surface area (Å²) in [4.78, 5) is 24.9. The lowest BCUT2D eigenvalue weighted by Crippen LogP contribution is -2.58. The first kappa shape index (κ1) is 23.9. The van der Waals surface area contributed by atoms with Gasteiger partial charge < -0.3 is 16.0 Å². The van der Waals surface area contributed by atoms with Gasteiger partial charge in [-0.05, 0) is 69.0 Å². The molecule has 12 heteroatoms. The number of carbonyl (C=O) groups is 2. The number of nitrogens with one attached hydrogen (secondary N) is 4. The number of anilines is 1. The maximum Gasteiger partial charge on any atom is 0.416 e. The van der Waals surface area contributed by atoms with Crippen LogP contribution in [0.4, 0.5) is 28.4 Å². The Balaban J connectivity index is 1.36.